The van der Waals surface area contributed by atoms with Gasteiger partial charge in [-0.15, -0.1) is 0 Å². The molecule has 3 nitrogen and oxygen atoms in total. The van der Waals surface area contributed by atoms with Crippen molar-refractivity contribution in [1.29, 1.82) is 0 Å². The fraction of sp³-hybridized carbons (Fsp3) is 0.647. The van der Waals surface area contributed by atoms with Gasteiger partial charge in [-0.1, -0.05) is 35.7 Å². The zero-order chi connectivity index (χ0) is 15.2. The SMILES string of the molecule is CCCNC(c1cc(OC)c(OC)cc1Br)C1CCCC1. The Hall–Kier alpha value is -0.740. The van der Waals surface area contributed by atoms with Crippen molar-refractivity contribution in [3.8, 4) is 11.5 Å². The lowest BCUT2D eigenvalue weighted by molar-refractivity contribution is 0.346. The van der Waals surface area contributed by atoms with Crippen LogP contribution in [0.1, 0.15) is 50.6 Å². The lowest BCUT2D eigenvalue weighted by Crippen LogP contribution is -2.28. The maximum absolute atomic E-state index is 5.48. The molecule has 0 aliphatic heterocycles. The molecule has 4 heteroatoms. The van der Waals surface area contributed by atoms with E-state index in [1.165, 1.54) is 31.2 Å². The van der Waals surface area contributed by atoms with Crippen molar-refractivity contribution in [2.24, 2.45) is 5.92 Å². The fourth-order valence-electron chi connectivity index (χ4n) is 3.23. The van der Waals surface area contributed by atoms with Crippen LogP contribution in [-0.4, -0.2) is 20.8 Å². The molecule has 1 aromatic rings. The predicted octanol–water partition coefficient (Wildman–Crippen LogP) is 4.70. The Morgan fingerprint density at radius 1 is 1.19 bits per heavy atom. The maximum atomic E-state index is 5.48. The molecule has 21 heavy (non-hydrogen) atoms. The van der Waals surface area contributed by atoms with Gasteiger partial charge in [-0.3, -0.25) is 0 Å². The molecule has 1 aliphatic carbocycles. The number of methoxy groups -OCH3 is 2. The minimum atomic E-state index is 0.390. The van der Waals surface area contributed by atoms with Crippen LogP contribution in [0.15, 0.2) is 16.6 Å². The van der Waals surface area contributed by atoms with Crippen LogP contribution in [0.3, 0.4) is 0 Å². The van der Waals surface area contributed by atoms with Crippen LogP contribution in [-0.2, 0) is 0 Å². The second-order valence-electron chi connectivity index (χ2n) is 5.71. The van der Waals surface area contributed by atoms with Gasteiger partial charge in [0.15, 0.2) is 11.5 Å². The van der Waals surface area contributed by atoms with E-state index in [0.717, 1.165) is 28.9 Å². The molecule has 0 bridgehead atoms. The first-order chi connectivity index (χ1) is 10.2. The summed E-state index contributed by atoms with van der Waals surface area (Å²) < 4.78 is 12.0. The van der Waals surface area contributed by atoms with E-state index in [4.69, 9.17) is 9.47 Å². The largest absolute Gasteiger partial charge is 0.493 e. The summed E-state index contributed by atoms with van der Waals surface area (Å²) in [5, 5.41) is 3.73. The molecule has 1 fully saturated rings. The third kappa shape index (κ3) is 3.92. The molecule has 0 heterocycles. The van der Waals surface area contributed by atoms with Gasteiger partial charge in [0.05, 0.1) is 14.2 Å². The Labute approximate surface area is 136 Å². The Bertz CT molecular complexity index is 458. The normalized spacial score (nSPS) is 17.0. The Balaban J connectivity index is 2.33. The number of hydrogen-bond donors (Lipinski definition) is 1. The van der Waals surface area contributed by atoms with Gasteiger partial charge in [0.25, 0.3) is 0 Å². The average Bonchev–Trinajstić information content (AvgIpc) is 3.02. The fourth-order valence-corrected chi connectivity index (χ4v) is 3.80. The standard InChI is InChI=1S/C17H26BrNO2/c1-4-9-19-17(12-7-5-6-8-12)13-10-15(20-2)16(21-3)11-14(13)18/h10-12,17,19H,4-9H2,1-3H3. The number of ether oxygens (including phenoxy) is 2. The molecular weight excluding hydrogens is 330 g/mol. The van der Waals surface area contributed by atoms with Gasteiger partial charge >= 0.3 is 0 Å². The van der Waals surface area contributed by atoms with Crippen LogP contribution >= 0.6 is 15.9 Å². The zero-order valence-corrected chi connectivity index (χ0v) is 14.8. The van der Waals surface area contributed by atoms with Gasteiger partial charge < -0.3 is 14.8 Å². The van der Waals surface area contributed by atoms with Crippen molar-refractivity contribution >= 4 is 15.9 Å². The van der Waals surface area contributed by atoms with Crippen LogP contribution in [0.4, 0.5) is 0 Å². The average molecular weight is 356 g/mol. The van der Waals surface area contributed by atoms with Crippen molar-refractivity contribution in [2.75, 3.05) is 20.8 Å². The third-order valence-corrected chi connectivity index (χ3v) is 5.01. The molecule has 1 unspecified atom stereocenters. The van der Waals surface area contributed by atoms with E-state index < -0.39 is 0 Å². The molecule has 1 aliphatic rings. The van der Waals surface area contributed by atoms with E-state index >= 15 is 0 Å². The second kappa shape index (κ2) is 8.04. The Morgan fingerprint density at radius 2 is 1.81 bits per heavy atom. The summed E-state index contributed by atoms with van der Waals surface area (Å²) in [6.07, 6.45) is 6.46. The molecule has 0 amide bonds. The molecule has 2 rings (SSSR count). The molecule has 0 radical (unpaired) electrons. The summed E-state index contributed by atoms with van der Waals surface area (Å²) in [7, 11) is 3.37. The number of rotatable bonds is 7. The van der Waals surface area contributed by atoms with Crippen molar-refractivity contribution in [2.45, 2.75) is 45.1 Å². The van der Waals surface area contributed by atoms with Gasteiger partial charge in [-0.2, -0.15) is 0 Å². The number of halogens is 1. The van der Waals surface area contributed by atoms with Crippen LogP contribution in [0, 0.1) is 5.92 Å². The highest BCUT2D eigenvalue weighted by molar-refractivity contribution is 9.10. The summed E-state index contributed by atoms with van der Waals surface area (Å²) in [5.74, 6) is 2.29. The van der Waals surface area contributed by atoms with Crippen LogP contribution in [0.25, 0.3) is 0 Å². The molecule has 118 valence electrons. The van der Waals surface area contributed by atoms with Crippen molar-refractivity contribution < 1.29 is 9.47 Å². The van der Waals surface area contributed by atoms with E-state index in [9.17, 15) is 0 Å². The molecule has 0 spiro atoms. The van der Waals surface area contributed by atoms with Gasteiger partial charge in [0.2, 0.25) is 0 Å². The number of hydrogen-bond acceptors (Lipinski definition) is 3. The minimum Gasteiger partial charge on any atom is -0.493 e. The topological polar surface area (TPSA) is 30.5 Å². The maximum Gasteiger partial charge on any atom is 0.161 e. The van der Waals surface area contributed by atoms with Gasteiger partial charge in [0, 0.05) is 10.5 Å². The lowest BCUT2D eigenvalue weighted by Gasteiger charge is -2.27. The highest BCUT2D eigenvalue weighted by Gasteiger charge is 2.28. The van der Waals surface area contributed by atoms with Crippen molar-refractivity contribution in [3.63, 3.8) is 0 Å². The second-order valence-corrected chi connectivity index (χ2v) is 6.56. The highest BCUT2D eigenvalue weighted by Crippen LogP contribution is 2.42. The third-order valence-electron chi connectivity index (χ3n) is 4.32. The van der Waals surface area contributed by atoms with Gasteiger partial charge in [-0.25, -0.2) is 0 Å². The molecular formula is C17H26BrNO2. The summed E-state index contributed by atoms with van der Waals surface area (Å²) in [4.78, 5) is 0. The van der Waals surface area contributed by atoms with Crippen LogP contribution < -0.4 is 14.8 Å². The molecule has 1 aromatic carbocycles. The molecule has 1 N–H and O–H groups in total. The summed E-state index contributed by atoms with van der Waals surface area (Å²) in [6.45, 7) is 3.25. The first kappa shape index (κ1) is 16.6. The van der Waals surface area contributed by atoms with E-state index in [1.807, 2.05) is 6.07 Å². The lowest BCUT2D eigenvalue weighted by atomic mass is 9.91. The summed E-state index contributed by atoms with van der Waals surface area (Å²) in [5.41, 5.74) is 1.29. The summed E-state index contributed by atoms with van der Waals surface area (Å²) in [6, 6.07) is 4.53. The quantitative estimate of drug-likeness (QED) is 0.768. The van der Waals surface area contributed by atoms with E-state index in [0.29, 0.717) is 12.0 Å². The zero-order valence-electron chi connectivity index (χ0n) is 13.2. The molecule has 0 aromatic heterocycles. The number of nitrogens with one attached hydrogen (secondary N) is 1. The first-order valence-electron chi connectivity index (χ1n) is 7.86. The van der Waals surface area contributed by atoms with Gasteiger partial charge in [-0.05, 0) is 49.4 Å². The minimum absolute atomic E-state index is 0.390. The Morgan fingerprint density at radius 3 is 2.38 bits per heavy atom. The smallest absolute Gasteiger partial charge is 0.161 e. The first-order valence-corrected chi connectivity index (χ1v) is 8.65. The Kier molecular flexibility index (Phi) is 6.37. The molecule has 1 atom stereocenters. The van der Waals surface area contributed by atoms with E-state index in [2.05, 4.69) is 34.2 Å². The highest BCUT2D eigenvalue weighted by atomic mass is 79.9. The van der Waals surface area contributed by atoms with E-state index in [1.54, 1.807) is 14.2 Å². The predicted molar refractivity (Wildman–Crippen MR) is 90.2 cm³/mol. The van der Waals surface area contributed by atoms with Crippen molar-refractivity contribution in [1.82, 2.24) is 5.32 Å². The summed E-state index contributed by atoms with van der Waals surface area (Å²) >= 11 is 3.72. The van der Waals surface area contributed by atoms with Crippen molar-refractivity contribution in [3.05, 3.63) is 22.2 Å². The van der Waals surface area contributed by atoms with E-state index in [-0.39, 0.29) is 0 Å². The molecule has 0 saturated heterocycles. The van der Waals surface area contributed by atoms with Crippen LogP contribution in [0.2, 0.25) is 0 Å². The number of benzene rings is 1. The van der Waals surface area contributed by atoms with Gasteiger partial charge in [0.1, 0.15) is 0 Å². The monoisotopic (exact) mass is 355 g/mol. The molecule has 1 saturated carbocycles. The van der Waals surface area contributed by atoms with Crippen LogP contribution in [0.5, 0.6) is 11.5 Å².